The van der Waals surface area contributed by atoms with Gasteiger partial charge in [-0.1, -0.05) is 17.8 Å². The summed E-state index contributed by atoms with van der Waals surface area (Å²) in [6, 6.07) is 14.5. The number of Topliss-reactive ketones (excluding diaryl/α,β-unsaturated/α-hetero) is 1. The Balaban J connectivity index is 1.44. The number of ketones is 1. The fourth-order valence-corrected chi connectivity index (χ4v) is 3.91. The molecule has 3 aromatic heterocycles. The van der Waals surface area contributed by atoms with Crippen LogP contribution in [0.4, 0.5) is 5.69 Å². The Bertz CT molecular complexity index is 1140. The van der Waals surface area contributed by atoms with Gasteiger partial charge in [0.15, 0.2) is 11.4 Å². The molecule has 0 saturated heterocycles. The lowest BCUT2D eigenvalue weighted by Crippen LogP contribution is -2.14. The molecule has 0 aliphatic heterocycles. The van der Waals surface area contributed by atoms with Crippen LogP contribution in [0.1, 0.15) is 17.3 Å². The van der Waals surface area contributed by atoms with Gasteiger partial charge in [0.2, 0.25) is 11.1 Å². The van der Waals surface area contributed by atoms with Crippen LogP contribution in [0.25, 0.3) is 16.2 Å². The highest BCUT2D eigenvalue weighted by atomic mass is 32.2. The van der Waals surface area contributed by atoms with Gasteiger partial charge in [0.1, 0.15) is 5.69 Å². The molecule has 0 radical (unpaired) electrons. The third-order valence-corrected chi connectivity index (χ3v) is 5.73. The lowest BCUT2D eigenvalue weighted by atomic mass is 10.1. The van der Waals surface area contributed by atoms with Gasteiger partial charge in [0.25, 0.3) is 0 Å². The largest absolute Gasteiger partial charge is 0.325 e. The van der Waals surface area contributed by atoms with Crippen molar-refractivity contribution in [2.45, 2.75) is 12.1 Å². The zero-order valence-corrected chi connectivity index (χ0v) is 16.5. The molecule has 28 heavy (non-hydrogen) atoms. The first kappa shape index (κ1) is 18.3. The van der Waals surface area contributed by atoms with Crippen molar-refractivity contribution in [3.8, 4) is 10.6 Å². The Morgan fingerprint density at radius 1 is 1.11 bits per heavy atom. The van der Waals surface area contributed by atoms with Crippen molar-refractivity contribution in [3.05, 3.63) is 59.5 Å². The first-order chi connectivity index (χ1) is 13.6. The van der Waals surface area contributed by atoms with Crippen molar-refractivity contribution < 1.29 is 9.59 Å². The van der Waals surface area contributed by atoms with Crippen LogP contribution in [0, 0.1) is 0 Å². The van der Waals surface area contributed by atoms with Crippen LogP contribution >= 0.6 is 23.1 Å². The molecule has 1 amide bonds. The average Bonchev–Trinajstić information content (AvgIpc) is 3.36. The molecule has 0 aliphatic rings. The van der Waals surface area contributed by atoms with E-state index in [2.05, 4.69) is 20.6 Å². The van der Waals surface area contributed by atoms with Crippen molar-refractivity contribution >= 4 is 46.1 Å². The average molecular weight is 409 g/mol. The van der Waals surface area contributed by atoms with Gasteiger partial charge in [-0.15, -0.1) is 21.5 Å². The van der Waals surface area contributed by atoms with Gasteiger partial charge < -0.3 is 5.32 Å². The Labute approximate surface area is 168 Å². The summed E-state index contributed by atoms with van der Waals surface area (Å²) in [5.41, 5.74) is 2.71. The van der Waals surface area contributed by atoms with Crippen molar-refractivity contribution in [1.82, 2.24) is 19.8 Å². The van der Waals surface area contributed by atoms with E-state index in [1.807, 2.05) is 29.6 Å². The van der Waals surface area contributed by atoms with E-state index >= 15 is 0 Å². The highest BCUT2D eigenvalue weighted by Gasteiger charge is 2.12. The summed E-state index contributed by atoms with van der Waals surface area (Å²) in [6.45, 7) is 1.50. The number of nitrogens with one attached hydrogen (secondary N) is 1. The molecule has 0 atom stereocenters. The van der Waals surface area contributed by atoms with Gasteiger partial charge in [-0.25, -0.2) is 0 Å². The molecule has 4 rings (SSSR count). The molecular formula is C19H15N5O2S2. The van der Waals surface area contributed by atoms with Crippen molar-refractivity contribution in [3.63, 3.8) is 0 Å². The Hall–Kier alpha value is -3.04. The number of anilines is 1. The van der Waals surface area contributed by atoms with Gasteiger partial charge in [0, 0.05) is 11.3 Å². The molecule has 0 spiro atoms. The lowest BCUT2D eigenvalue weighted by molar-refractivity contribution is -0.113. The summed E-state index contributed by atoms with van der Waals surface area (Å²) in [7, 11) is 0. The number of hydrogen-bond acceptors (Lipinski definition) is 7. The van der Waals surface area contributed by atoms with E-state index in [0.717, 1.165) is 10.6 Å². The minimum Gasteiger partial charge on any atom is -0.325 e. The molecule has 3 heterocycles. The Morgan fingerprint density at radius 2 is 1.93 bits per heavy atom. The molecule has 0 fully saturated rings. The highest BCUT2D eigenvalue weighted by molar-refractivity contribution is 7.99. The van der Waals surface area contributed by atoms with Crippen molar-refractivity contribution in [2.75, 3.05) is 11.1 Å². The monoisotopic (exact) mass is 409 g/mol. The molecular weight excluding hydrogens is 394 g/mol. The molecule has 0 saturated carbocycles. The van der Waals surface area contributed by atoms with E-state index in [4.69, 9.17) is 0 Å². The fourth-order valence-electron chi connectivity index (χ4n) is 2.53. The number of amides is 1. The first-order valence-corrected chi connectivity index (χ1v) is 10.3. The van der Waals surface area contributed by atoms with Gasteiger partial charge in [-0.3, -0.25) is 9.59 Å². The molecule has 4 aromatic rings. The minimum absolute atomic E-state index is 0.0125. The summed E-state index contributed by atoms with van der Waals surface area (Å²) < 4.78 is 1.65. The predicted octanol–water partition coefficient (Wildman–Crippen LogP) is 3.79. The topological polar surface area (TPSA) is 89.2 Å². The summed E-state index contributed by atoms with van der Waals surface area (Å²) in [5.74, 6) is -0.0200. The Kier molecular flexibility index (Phi) is 5.18. The number of carbonyl (C=O) groups excluding carboxylic acids is 2. The van der Waals surface area contributed by atoms with E-state index < -0.39 is 0 Å². The normalized spacial score (nSPS) is 10.9. The minimum atomic E-state index is -0.174. The number of benzene rings is 1. The van der Waals surface area contributed by atoms with Crippen LogP contribution in [-0.4, -0.2) is 37.3 Å². The van der Waals surface area contributed by atoms with E-state index in [1.54, 1.807) is 40.1 Å². The number of fused-ring (bicyclic) bond motifs is 1. The number of rotatable bonds is 6. The summed E-state index contributed by atoms with van der Waals surface area (Å²) in [6.07, 6.45) is 0. The number of carbonyl (C=O) groups is 2. The maximum absolute atomic E-state index is 12.2. The molecule has 0 aliphatic carbocycles. The molecule has 9 heteroatoms. The number of nitrogens with zero attached hydrogens (tertiary/aromatic N) is 4. The molecule has 7 nitrogen and oxygen atoms in total. The maximum atomic E-state index is 12.2. The second-order valence-corrected chi connectivity index (χ2v) is 7.81. The second kappa shape index (κ2) is 7.91. The molecule has 1 N–H and O–H groups in total. The standard InChI is InChI=1S/C19H15N5O2S2/c1-12(25)13-4-6-14(7-5-13)20-18(26)11-28-19-22-21-17-9-8-15(23-24(17)19)16-3-2-10-27-16/h2-10H,11H2,1H3,(H,20,26). The van der Waals surface area contributed by atoms with E-state index in [-0.39, 0.29) is 17.4 Å². The van der Waals surface area contributed by atoms with Gasteiger partial charge in [-0.05, 0) is 54.8 Å². The van der Waals surface area contributed by atoms with Gasteiger partial charge in [0.05, 0.1) is 10.6 Å². The predicted molar refractivity (Wildman–Crippen MR) is 110 cm³/mol. The van der Waals surface area contributed by atoms with E-state index in [0.29, 0.717) is 22.1 Å². The molecule has 0 unspecified atom stereocenters. The Morgan fingerprint density at radius 3 is 2.64 bits per heavy atom. The van der Waals surface area contributed by atoms with Crippen LogP contribution in [0.3, 0.4) is 0 Å². The van der Waals surface area contributed by atoms with Crippen LogP contribution in [-0.2, 0) is 4.79 Å². The number of thioether (sulfide) groups is 1. The fraction of sp³-hybridized carbons (Fsp3) is 0.105. The third kappa shape index (κ3) is 3.95. The third-order valence-electron chi connectivity index (χ3n) is 3.92. The summed E-state index contributed by atoms with van der Waals surface area (Å²) >= 11 is 2.87. The zero-order valence-electron chi connectivity index (χ0n) is 14.8. The van der Waals surface area contributed by atoms with Crippen molar-refractivity contribution in [2.24, 2.45) is 0 Å². The highest BCUT2D eigenvalue weighted by Crippen LogP contribution is 2.24. The molecule has 140 valence electrons. The summed E-state index contributed by atoms with van der Waals surface area (Å²) in [5, 5.41) is 18.2. The quantitative estimate of drug-likeness (QED) is 0.385. The summed E-state index contributed by atoms with van der Waals surface area (Å²) in [4.78, 5) is 24.6. The first-order valence-electron chi connectivity index (χ1n) is 8.40. The van der Waals surface area contributed by atoms with E-state index in [9.17, 15) is 9.59 Å². The second-order valence-electron chi connectivity index (χ2n) is 5.92. The lowest BCUT2D eigenvalue weighted by Gasteiger charge is -2.05. The molecule has 0 bridgehead atoms. The maximum Gasteiger partial charge on any atom is 0.234 e. The SMILES string of the molecule is CC(=O)c1ccc(NC(=O)CSc2nnc3ccc(-c4cccs4)nn23)cc1. The number of thiophene rings is 1. The van der Waals surface area contributed by atoms with E-state index in [1.165, 1.54) is 18.7 Å². The number of aromatic nitrogens is 4. The van der Waals surface area contributed by atoms with Crippen LogP contribution in [0.5, 0.6) is 0 Å². The van der Waals surface area contributed by atoms with Crippen LogP contribution < -0.4 is 5.32 Å². The van der Waals surface area contributed by atoms with Gasteiger partial charge >= 0.3 is 0 Å². The van der Waals surface area contributed by atoms with Gasteiger partial charge in [-0.2, -0.15) is 9.61 Å². The smallest absolute Gasteiger partial charge is 0.234 e. The zero-order chi connectivity index (χ0) is 19.5. The molecule has 1 aromatic carbocycles. The van der Waals surface area contributed by atoms with Crippen molar-refractivity contribution in [1.29, 1.82) is 0 Å². The van der Waals surface area contributed by atoms with Crippen LogP contribution in [0.2, 0.25) is 0 Å². The van der Waals surface area contributed by atoms with Crippen LogP contribution in [0.15, 0.2) is 59.1 Å². The number of hydrogen-bond donors (Lipinski definition) is 1.